The van der Waals surface area contributed by atoms with Gasteiger partial charge in [-0.15, -0.1) is 0 Å². The first-order valence-electron chi connectivity index (χ1n) is 5.17. The Balaban J connectivity index is 3.00. The quantitative estimate of drug-likeness (QED) is 0.811. The first kappa shape index (κ1) is 13.4. The molecule has 1 rings (SSSR count). The summed E-state index contributed by atoms with van der Waals surface area (Å²) in [4.78, 5) is 12.8. The molecule has 1 atom stereocenters. The maximum absolute atomic E-state index is 13.1. The van der Waals surface area contributed by atoms with Crippen LogP contribution in [0, 0.1) is 5.82 Å². The molecule has 0 heterocycles. The number of benzene rings is 1. The van der Waals surface area contributed by atoms with Crippen molar-refractivity contribution in [3.63, 3.8) is 0 Å². The number of carbonyl (C=O) groups is 1. The Morgan fingerprint density at radius 1 is 1.53 bits per heavy atom. The van der Waals surface area contributed by atoms with Crippen LogP contribution in [-0.4, -0.2) is 32.3 Å². The van der Waals surface area contributed by atoms with E-state index in [2.05, 4.69) is 4.74 Å². The Labute approximate surface area is 99.6 Å². The minimum absolute atomic E-state index is 0.150. The zero-order chi connectivity index (χ0) is 13.0. The van der Waals surface area contributed by atoms with Crippen molar-refractivity contribution in [3.8, 4) is 0 Å². The molecule has 0 spiro atoms. The second-order valence-electron chi connectivity index (χ2n) is 3.89. The minimum atomic E-state index is -1.000. The third kappa shape index (κ3) is 3.42. The number of hydrogen-bond acceptors (Lipinski definition) is 4. The average molecular weight is 241 g/mol. The molecule has 0 unspecified atom stereocenters. The zero-order valence-corrected chi connectivity index (χ0v) is 10.1. The minimum Gasteiger partial charge on any atom is -0.469 e. The van der Waals surface area contributed by atoms with Crippen LogP contribution >= 0.6 is 0 Å². The van der Waals surface area contributed by atoms with Gasteiger partial charge in [0.05, 0.1) is 19.6 Å². The molecule has 1 aromatic rings. The third-order valence-electron chi connectivity index (χ3n) is 2.42. The van der Waals surface area contributed by atoms with Crippen LogP contribution in [-0.2, 0) is 9.53 Å². The molecule has 1 aromatic carbocycles. The Kier molecular flexibility index (Phi) is 4.45. The van der Waals surface area contributed by atoms with Crippen molar-refractivity contribution in [2.75, 3.05) is 26.1 Å². The van der Waals surface area contributed by atoms with Crippen LogP contribution in [0.2, 0.25) is 0 Å². The molecule has 0 aromatic heterocycles. The van der Waals surface area contributed by atoms with Gasteiger partial charge in [0.15, 0.2) is 0 Å². The van der Waals surface area contributed by atoms with Crippen LogP contribution in [0.25, 0.3) is 0 Å². The largest absolute Gasteiger partial charge is 0.469 e. The van der Waals surface area contributed by atoms with Gasteiger partial charge in [-0.25, -0.2) is 4.39 Å². The lowest BCUT2D eigenvalue weighted by Crippen LogP contribution is -2.15. The van der Waals surface area contributed by atoms with Gasteiger partial charge in [0, 0.05) is 25.3 Å². The first-order valence-corrected chi connectivity index (χ1v) is 5.17. The van der Waals surface area contributed by atoms with E-state index < -0.39 is 12.1 Å². The average Bonchev–Trinajstić information content (AvgIpc) is 2.28. The van der Waals surface area contributed by atoms with E-state index in [9.17, 15) is 14.3 Å². The number of nitrogens with zero attached hydrogens (tertiary/aromatic N) is 1. The molecule has 0 bridgehead atoms. The van der Waals surface area contributed by atoms with Crippen LogP contribution in [0.4, 0.5) is 10.1 Å². The van der Waals surface area contributed by atoms with Gasteiger partial charge in [0.1, 0.15) is 5.82 Å². The predicted molar refractivity (Wildman–Crippen MR) is 62.3 cm³/mol. The highest BCUT2D eigenvalue weighted by Crippen LogP contribution is 2.28. The molecule has 94 valence electrons. The van der Waals surface area contributed by atoms with Crippen molar-refractivity contribution in [2.24, 2.45) is 0 Å². The van der Waals surface area contributed by atoms with E-state index in [-0.39, 0.29) is 12.2 Å². The number of halogens is 1. The molecular weight excluding hydrogens is 225 g/mol. The highest BCUT2D eigenvalue weighted by Gasteiger charge is 2.18. The number of esters is 1. The lowest BCUT2D eigenvalue weighted by atomic mass is 10.0. The number of aliphatic hydroxyl groups excluding tert-OH is 1. The van der Waals surface area contributed by atoms with Gasteiger partial charge >= 0.3 is 5.97 Å². The number of ether oxygens (including phenoxy) is 1. The van der Waals surface area contributed by atoms with Crippen LogP contribution in [0.15, 0.2) is 18.2 Å². The summed E-state index contributed by atoms with van der Waals surface area (Å²) in [5, 5.41) is 9.89. The summed E-state index contributed by atoms with van der Waals surface area (Å²) in [6.07, 6.45) is -1.15. The molecule has 0 amide bonds. The van der Waals surface area contributed by atoms with Gasteiger partial charge < -0.3 is 14.7 Å². The summed E-state index contributed by atoms with van der Waals surface area (Å²) in [7, 11) is 4.73. The van der Waals surface area contributed by atoms with E-state index in [4.69, 9.17) is 0 Å². The molecule has 0 aliphatic heterocycles. The van der Waals surface area contributed by atoms with Crippen LogP contribution in [0.1, 0.15) is 18.1 Å². The topological polar surface area (TPSA) is 49.8 Å². The molecule has 0 aliphatic rings. The maximum atomic E-state index is 13.1. The fraction of sp³-hybridized carbons (Fsp3) is 0.417. The highest BCUT2D eigenvalue weighted by atomic mass is 19.1. The number of rotatable bonds is 4. The maximum Gasteiger partial charge on any atom is 0.308 e. The molecule has 1 N–H and O–H groups in total. The van der Waals surface area contributed by atoms with E-state index in [1.807, 2.05) is 0 Å². The second kappa shape index (κ2) is 5.63. The second-order valence-corrected chi connectivity index (χ2v) is 3.89. The molecule has 0 aliphatic carbocycles. The molecule has 0 saturated heterocycles. The van der Waals surface area contributed by atoms with Crippen LogP contribution < -0.4 is 4.90 Å². The predicted octanol–water partition coefficient (Wildman–Crippen LogP) is 1.49. The normalized spacial score (nSPS) is 12.1. The highest BCUT2D eigenvalue weighted by molar-refractivity contribution is 5.70. The van der Waals surface area contributed by atoms with Gasteiger partial charge in [-0.05, 0) is 12.1 Å². The van der Waals surface area contributed by atoms with Crippen molar-refractivity contribution >= 4 is 11.7 Å². The SMILES string of the molecule is COC(=O)C[C@H](O)c1ccc(F)cc1N(C)C. The monoisotopic (exact) mass is 241 g/mol. The number of hydrogen-bond donors (Lipinski definition) is 1. The zero-order valence-electron chi connectivity index (χ0n) is 10.1. The van der Waals surface area contributed by atoms with Gasteiger partial charge in [-0.2, -0.15) is 0 Å². The summed E-state index contributed by atoms with van der Waals surface area (Å²) < 4.78 is 17.6. The standard InChI is InChI=1S/C12H16FNO3/c1-14(2)10-6-8(13)4-5-9(10)11(15)7-12(16)17-3/h4-6,11,15H,7H2,1-3H3/t11-/m0/s1. The van der Waals surface area contributed by atoms with Crippen LogP contribution in [0.5, 0.6) is 0 Å². The summed E-state index contributed by atoms with van der Waals surface area (Å²) in [5.41, 5.74) is 1.04. The van der Waals surface area contributed by atoms with E-state index in [0.717, 1.165) is 0 Å². The fourth-order valence-corrected chi connectivity index (χ4v) is 1.54. The summed E-state index contributed by atoms with van der Waals surface area (Å²) in [6, 6.07) is 4.04. The Hall–Kier alpha value is -1.62. The lowest BCUT2D eigenvalue weighted by molar-refractivity contribution is -0.142. The molecule has 0 radical (unpaired) electrons. The van der Waals surface area contributed by atoms with E-state index in [1.165, 1.54) is 25.3 Å². The van der Waals surface area contributed by atoms with Gasteiger partial charge in [-0.3, -0.25) is 4.79 Å². The molecule has 5 heteroatoms. The fourth-order valence-electron chi connectivity index (χ4n) is 1.54. The molecule has 4 nitrogen and oxygen atoms in total. The molecule has 0 saturated carbocycles. The number of methoxy groups -OCH3 is 1. The van der Waals surface area contributed by atoms with E-state index in [0.29, 0.717) is 11.3 Å². The van der Waals surface area contributed by atoms with Gasteiger partial charge in [-0.1, -0.05) is 6.07 Å². The Morgan fingerprint density at radius 2 is 2.18 bits per heavy atom. The van der Waals surface area contributed by atoms with Crippen molar-refractivity contribution in [3.05, 3.63) is 29.6 Å². The number of aliphatic hydroxyl groups is 1. The lowest BCUT2D eigenvalue weighted by Gasteiger charge is -2.20. The van der Waals surface area contributed by atoms with Gasteiger partial charge in [0.25, 0.3) is 0 Å². The van der Waals surface area contributed by atoms with Crippen LogP contribution in [0.3, 0.4) is 0 Å². The molecule has 17 heavy (non-hydrogen) atoms. The summed E-state index contributed by atoms with van der Waals surface area (Å²) in [5.74, 6) is -0.894. The molecule has 0 fully saturated rings. The first-order chi connectivity index (χ1) is 7.95. The van der Waals surface area contributed by atoms with Crippen molar-refractivity contribution in [2.45, 2.75) is 12.5 Å². The van der Waals surface area contributed by atoms with Gasteiger partial charge in [0.2, 0.25) is 0 Å². The summed E-state index contributed by atoms with van der Waals surface area (Å²) in [6.45, 7) is 0. The number of carbonyl (C=O) groups excluding carboxylic acids is 1. The van der Waals surface area contributed by atoms with E-state index in [1.54, 1.807) is 19.0 Å². The smallest absolute Gasteiger partial charge is 0.308 e. The molecular formula is C12H16FNO3. The number of anilines is 1. The van der Waals surface area contributed by atoms with E-state index >= 15 is 0 Å². The Bertz CT molecular complexity index is 407. The summed E-state index contributed by atoms with van der Waals surface area (Å²) >= 11 is 0. The third-order valence-corrected chi connectivity index (χ3v) is 2.42. The van der Waals surface area contributed by atoms with Crippen molar-refractivity contribution in [1.82, 2.24) is 0 Å². The van der Waals surface area contributed by atoms with Crippen molar-refractivity contribution < 1.29 is 19.0 Å². The Morgan fingerprint density at radius 3 is 2.71 bits per heavy atom. The van der Waals surface area contributed by atoms with Crippen molar-refractivity contribution in [1.29, 1.82) is 0 Å².